The Morgan fingerprint density at radius 2 is 1.52 bits per heavy atom. The molecule has 0 aliphatic rings. The summed E-state index contributed by atoms with van der Waals surface area (Å²) in [5, 5.41) is -0.0297. The van der Waals surface area contributed by atoms with Crippen molar-refractivity contribution >= 4 is 31.8 Å². The maximum Gasteiger partial charge on any atom is 0.343 e. The van der Waals surface area contributed by atoms with Gasteiger partial charge in [0, 0.05) is 10.8 Å². The van der Waals surface area contributed by atoms with E-state index in [1.54, 1.807) is 0 Å². The van der Waals surface area contributed by atoms with Gasteiger partial charge in [-0.2, -0.15) is 0 Å². The molecule has 0 N–H and O–H groups in total. The van der Waals surface area contributed by atoms with Gasteiger partial charge >= 0.3 is 11.9 Å². The number of ether oxygens (including phenoxy) is 2. The van der Waals surface area contributed by atoms with Crippen molar-refractivity contribution in [2.45, 2.75) is 20.8 Å². The number of rotatable bonds is 5. The third-order valence-electron chi connectivity index (χ3n) is 2.47. The molecule has 0 aliphatic heterocycles. The molecule has 0 heterocycles. The summed E-state index contributed by atoms with van der Waals surface area (Å²) in [6.07, 6.45) is 0.320. The number of methoxy groups -OCH3 is 2. The van der Waals surface area contributed by atoms with Crippen LogP contribution in [0.1, 0.15) is 20.8 Å². The van der Waals surface area contributed by atoms with Gasteiger partial charge in [-0.3, -0.25) is 9.69 Å². The zero-order chi connectivity index (χ0) is 16.8. The van der Waals surface area contributed by atoms with Crippen LogP contribution in [0.2, 0.25) is 0 Å². The van der Waals surface area contributed by atoms with Crippen molar-refractivity contribution < 1.29 is 23.9 Å². The lowest BCUT2D eigenvalue weighted by atomic mass is 9.96. The highest BCUT2D eigenvalue weighted by Gasteiger charge is 2.26. The van der Waals surface area contributed by atoms with Gasteiger partial charge in [-0.1, -0.05) is 20.8 Å². The Bertz CT molecular complexity index is 486. The minimum Gasteiger partial charge on any atom is -0.465 e. The molecule has 0 atom stereocenters. The Morgan fingerprint density at radius 1 is 1.05 bits per heavy atom. The first-order valence-corrected chi connectivity index (χ1v) is 7.12. The summed E-state index contributed by atoms with van der Waals surface area (Å²) >= 11 is 0. The van der Waals surface area contributed by atoms with Gasteiger partial charge in [0.25, 0.3) is 0 Å². The Kier molecular flexibility index (Phi) is 7.47. The van der Waals surface area contributed by atoms with Crippen LogP contribution in [0.4, 0.5) is 0 Å². The van der Waals surface area contributed by atoms with E-state index in [1.165, 1.54) is 7.11 Å². The van der Waals surface area contributed by atoms with E-state index in [4.69, 9.17) is 0 Å². The Labute approximate surface area is 126 Å². The maximum absolute atomic E-state index is 11.9. The fourth-order valence-corrected chi connectivity index (χ4v) is 2.86. The number of nitrogens with zero attached hydrogens (tertiary/aromatic N) is 1. The highest BCUT2D eigenvalue weighted by atomic mass is 31.1. The zero-order valence-electron chi connectivity index (χ0n) is 13.5. The van der Waals surface area contributed by atoms with E-state index in [-0.39, 0.29) is 16.3 Å². The van der Waals surface area contributed by atoms with Crippen molar-refractivity contribution in [2.75, 3.05) is 28.3 Å². The largest absolute Gasteiger partial charge is 0.465 e. The average molecular weight is 315 g/mol. The maximum atomic E-state index is 11.9. The summed E-state index contributed by atoms with van der Waals surface area (Å²) < 4.78 is 9.22. The van der Waals surface area contributed by atoms with Crippen LogP contribution in [0.25, 0.3) is 0 Å². The molecular weight excluding hydrogens is 293 g/mol. The molecule has 0 aromatic rings. The van der Waals surface area contributed by atoms with Crippen LogP contribution in [0.5, 0.6) is 0 Å². The second-order valence-corrected chi connectivity index (χ2v) is 6.54. The first-order valence-electron chi connectivity index (χ1n) is 6.22. The molecule has 0 aromatic carbocycles. The molecule has 0 saturated heterocycles. The van der Waals surface area contributed by atoms with Crippen LogP contribution in [-0.2, 0) is 23.9 Å². The highest BCUT2D eigenvalue weighted by molar-refractivity contribution is 7.47. The molecule has 0 saturated carbocycles. The smallest absolute Gasteiger partial charge is 0.343 e. The Morgan fingerprint density at radius 3 is 1.81 bits per heavy atom. The molecule has 0 rings (SSSR count). The molecule has 0 bridgehead atoms. The highest BCUT2D eigenvalue weighted by Crippen LogP contribution is 2.30. The fourth-order valence-electron chi connectivity index (χ4n) is 1.67. The van der Waals surface area contributed by atoms with Crippen LogP contribution < -0.4 is 0 Å². The zero-order valence-corrected chi connectivity index (χ0v) is 14.4. The molecule has 0 unspecified atom stereocenters. The van der Waals surface area contributed by atoms with Gasteiger partial charge in [0.05, 0.1) is 14.2 Å². The summed E-state index contributed by atoms with van der Waals surface area (Å²) in [4.78, 5) is 36.6. The van der Waals surface area contributed by atoms with Gasteiger partial charge < -0.3 is 9.47 Å². The van der Waals surface area contributed by atoms with E-state index in [0.717, 1.165) is 12.5 Å². The summed E-state index contributed by atoms with van der Waals surface area (Å²) in [5.41, 5.74) is 0.273. The van der Waals surface area contributed by atoms with Crippen LogP contribution in [0, 0.1) is 5.41 Å². The average Bonchev–Trinajstić information content (AvgIpc) is 2.39. The third kappa shape index (κ3) is 5.40. The monoisotopic (exact) mass is 315 g/mol. The van der Waals surface area contributed by atoms with E-state index >= 15 is 0 Å². The lowest BCUT2D eigenvalue weighted by molar-refractivity contribution is -0.139. The fraction of sp³-hybridized carbons (Fsp3) is 0.571. The number of esters is 2. The van der Waals surface area contributed by atoms with Crippen molar-refractivity contribution in [1.82, 2.24) is 4.90 Å². The van der Waals surface area contributed by atoms with Gasteiger partial charge in [-0.15, -0.1) is 0 Å². The van der Waals surface area contributed by atoms with Crippen LogP contribution in [0.3, 0.4) is 0 Å². The molecule has 118 valence electrons. The second kappa shape index (κ2) is 8.05. The Hall–Kier alpha value is -1.52. The molecule has 0 spiro atoms. The normalized spacial score (nSPS) is 13.6. The third-order valence-corrected chi connectivity index (χ3v) is 4.40. The van der Waals surface area contributed by atoms with Crippen molar-refractivity contribution in [3.05, 3.63) is 10.9 Å². The van der Waals surface area contributed by atoms with E-state index < -0.39 is 11.9 Å². The number of hydrogen-bond donors (Lipinski definition) is 0. The van der Waals surface area contributed by atoms with Gasteiger partial charge in [-0.25, -0.2) is 9.59 Å². The second-order valence-electron chi connectivity index (χ2n) is 5.44. The predicted molar refractivity (Wildman–Crippen MR) is 82.2 cm³/mol. The van der Waals surface area contributed by atoms with Gasteiger partial charge in [0.15, 0.2) is 6.29 Å². The number of carbonyl (C=O) groups excluding carboxylic acids is 3. The Balaban J connectivity index is 6.31. The number of aldehydes is 1. The van der Waals surface area contributed by atoms with Crippen molar-refractivity contribution in [3.8, 4) is 0 Å². The number of hydrogen-bond acceptors (Lipinski definition) is 5. The topological polar surface area (TPSA) is 72.9 Å². The predicted octanol–water partition coefficient (Wildman–Crippen LogP) is 1.47. The lowest BCUT2D eigenvalue weighted by Gasteiger charge is -2.28. The van der Waals surface area contributed by atoms with Crippen LogP contribution in [-0.4, -0.2) is 56.9 Å². The first-order chi connectivity index (χ1) is 9.59. The SMILES string of the molecule is COC(=O)/C(C=O)=C(\P=C(N(C)C)C(C)(C)C)C(=O)OC. The van der Waals surface area contributed by atoms with E-state index in [9.17, 15) is 14.4 Å². The lowest BCUT2D eigenvalue weighted by Crippen LogP contribution is -2.32. The van der Waals surface area contributed by atoms with Crippen LogP contribution in [0.15, 0.2) is 10.9 Å². The molecule has 6 nitrogen and oxygen atoms in total. The molecule has 0 fully saturated rings. The number of carbonyl (C=O) groups is 3. The molecule has 0 aromatic heterocycles. The van der Waals surface area contributed by atoms with E-state index in [1.807, 2.05) is 39.8 Å². The van der Waals surface area contributed by atoms with Crippen molar-refractivity contribution in [3.63, 3.8) is 0 Å². The van der Waals surface area contributed by atoms with E-state index in [0.29, 0.717) is 14.5 Å². The molecule has 7 heteroatoms. The molecule has 21 heavy (non-hydrogen) atoms. The molecular formula is C14H22NO5P. The van der Waals surface area contributed by atoms with Crippen molar-refractivity contribution in [2.24, 2.45) is 5.41 Å². The van der Waals surface area contributed by atoms with E-state index in [2.05, 4.69) is 9.47 Å². The molecule has 0 radical (unpaired) electrons. The summed E-state index contributed by atoms with van der Waals surface area (Å²) in [5.74, 6) is -1.59. The summed E-state index contributed by atoms with van der Waals surface area (Å²) in [6, 6.07) is 0. The minimum atomic E-state index is -0.857. The summed E-state index contributed by atoms with van der Waals surface area (Å²) in [6.45, 7) is 5.93. The molecule has 0 amide bonds. The van der Waals surface area contributed by atoms with Gasteiger partial charge in [0.2, 0.25) is 0 Å². The van der Waals surface area contributed by atoms with Crippen molar-refractivity contribution in [1.29, 1.82) is 0 Å². The standard InChI is InChI=1S/C14H22NO5P/c1-14(2,3)13(15(4)5)21-10(12(18)20-7)9(8-16)11(17)19-6/h8H,1-7H3/b10-9-. The minimum absolute atomic E-state index is 0.0297. The quantitative estimate of drug-likeness (QED) is 0.191. The van der Waals surface area contributed by atoms with Gasteiger partial charge in [-0.05, 0) is 22.3 Å². The van der Waals surface area contributed by atoms with Gasteiger partial charge in [0.1, 0.15) is 10.9 Å². The first kappa shape index (κ1) is 19.5. The molecule has 0 aliphatic carbocycles. The summed E-state index contributed by atoms with van der Waals surface area (Å²) in [7, 11) is 6.45. The van der Waals surface area contributed by atoms with Crippen LogP contribution >= 0.6 is 8.20 Å².